The molecule has 0 aromatic heterocycles. The van der Waals surface area contributed by atoms with Crippen LogP contribution in [0.25, 0.3) is 0 Å². The van der Waals surface area contributed by atoms with Gasteiger partial charge in [-0.1, -0.05) is 79.1 Å². The molecule has 0 fully saturated rings. The van der Waals surface area contributed by atoms with Gasteiger partial charge >= 0.3 is 98.5 Å². The van der Waals surface area contributed by atoms with E-state index < -0.39 is 22.4 Å². The van der Waals surface area contributed by atoms with Gasteiger partial charge < -0.3 is 33.3 Å². The largest absolute Gasteiger partial charge is 0.813 e. The van der Waals surface area contributed by atoms with Crippen LogP contribution in [0.3, 0.4) is 0 Å². The van der Waals surface area contributed by atoms with Gasteiger partial charge in [-0.2, -0.15) is 25.3 Å². The number of carbonyl (C=O) groups excluding carboxylic acids is 2. The summed E-state index contributed by atoms with van der Waals surface area (Å²) >= 11 is 9.78. The molecule has 0 bridgehead atoms. The Morgan fingerprint density at radius 2 is 0.825 bits per heavy atom. The molecule has 0 spiro atoms. The van der Waals surface area contributed by atoms with Gasteiger partial charge in [-0.15, -0.1) is 0 Å². The predicted octanol–water partition coefficient (Wildman–Crippen LogP) is 7.51. The smallest absolute Gasteiger partial charge is 0.813 e. The minimum atomic E-state index is -1.05. The van der Waals surface area contributed by atoms with E-state index in [1.54, 1.807) is 0 Å². The quantitative estimate of drug-likeness (QED) is 0.0466. The van der Waals surface area contributed by atoms with Crippen molar-refractivity contribution in [3.05, 3.63) is 0 Å². The van der Waals surface area contributed by atoms with Gasteiger partial charge in [0.05, 0.1) is 11.9 Å². The van der Waals surface area contributed by atoms with Crippen molar-refractivity contribution < 1.29 is 19.8 Å². The van der Waals surface area contributed by atoms with Gasteiger partial charge in [0.1, 0.15) is 0 Å². The molecule has 0 amide bonds. The van der Waals surface area contributed by atoms with Gasteiger partial charge in [0.2, 0.25) is 0 Å². The Kier molecular flexibility index (Phi) is 45.1. The molecule has 0 aliphatic rings. The van der Waals surface area contributed by atoms with Crippen LogP contribution in [-0.2, 0) is 23.1 Å². The molecule has 0 saturated heterocycles. The second kappa shape index (κ2) is 37.8. The fourth-order valence-corrected chi connectivity index (χ4v) is 4.97. The number of thiol groups is 3. The standard InChI is InChI=1S/C12H25.2C10H20O2S.H2S.Sb/c1-3-5-7-9-11-12-10-8-6-4-2;2*1-8(2)6-4-3-5-7-9(13)10(11)12;;/h1,3-12H2,2H3;2*8-9,13H,3-7H2,1-2H3,(H,11,12);1H2;/p-3. The van der Waals surface area contributed by atoms with Gasteiger partial charge in [0, 0.05) is 10.5 Å². The van der Waals surface area contributed by atoms with Crippen molar-refractivity contribution in [2.45, 2.75) is 178 Å². The summed E-state index contributed by atoms with van der Waals surface area (Å²) in [5, 5.41) is 19.4. The molecule has 0 heterocycles. The SMILES string of the molecule is CC(C)CCCCCC(S)C(=O)[O-].CC(C)CCCCCC(S)C(=O)[O-].CCCCCCCCCCC[CH2][Sb].[SH-]. The van der Waals surface area contributed by atoms with Crippen LogP contribution in [0.4, 0.5) is 0 Å². The summed E-state index contributed by atoms with van der Waals surface area (Å²) in [6.45, 7) is 11.1. The molecule has 0 aliphatic carbocycles. The van der Waals surface area contributed by atoms with E-state index in [1.165, 1.54) is 94.3 Å². The number of rotatable bonds is 24. The van der Waals surface area contributed by atoms with E-state index in [9.17, 15) is 19.8 Å². The Morgan fingerprint density at radius 1 is 0.550 bits per heavy atom. The molecule has 0 aromatic carbocycles. The fourth-order valence-electron chi connectivity index (χ4n) is 3.97. The molecule has 242 valence electrons. The average molecular weight is 731 g/mol. The number of carboxylic acid groups (broad SMARTS) is 2. The third-order valence-electron chi connectivity index (χ3n) is 6.57. The first-order chi connectivity index (χ1) is 18.5. The molecule has 0 aliphatic heterocycles. The van der Waals surface area contributed by atoms with Crippen LogP contribution in [0, 0.1) is 11.8 Å². The third kappa shape index (κ3) is 45.8. The molecule has 4 nitrogen and oxygen atoms in total. The minimum Gasteiger partial charge on any atom is -0.813 e. The van der Waals surface area contributed by atoms with E-state index in [1.807, 2.05) is 23.0 Å². The van der Waals surface area contributed by atoms with Crippen molar-refractivity contribution in [1.29, 1.82) is 0 Å². The molecule has 8 heteroatoms. The van der Waals surface area contributed by atoms with Crippen molar-refractivity contribution >= 4 is 73.7 Å². The van der Waals surface area contributed by atoms with Gasteiger partial charge in [-0.25, -0.2) is 0 Å². The summed E-state index contributed by atoms with van der Waals surface area (Å²) < 4.78 is 1.42. The molecule has 0 aromatic rings. The van der Waals surface area contributed by atoms with E-state index in [-0.39, 0.29) is 13.5 Å². The number of hydrogen-bond donors (Lipinski definition) is 2. The first-order valence-electron chi connectivity index (χ1n) is 15.9. The number of hydrogen-bond acceptors (Lipinski definition) is 7. The van der Waals surface area contributed by atoms with Crippen molar-refractivity contribution in [3.8, 4) is 0 Å². The zero-order valence-electron chi connectivity index (χ0n) is 26.6. The summed E-state index contributed by atoms with van der Waals surface area (Å²) in [5.74, 6) is -0.611. The maximum Gasteiger partial charge on any atom is -0.813 e. The number of aliphatic carboxylic acids is 2. The van der Waals surface area contributed by atoms with Crippen LogP contribution in [0.2, 0.25) is 4.37 Å². The second-order valence-corrected chi connectivity index (χ2v) is 14.2. The van der Waals surface area contributed by atoms with Gasteiger partial charge in [0.25, 0.3) is 0 Å². The van der Waals surface area contributed by atoms with Crippen LogP contribution < -0.4 is 10.2 Å². The number of carbonyl (C=O) groups is 2. The van der Waals surface area contributed by atoms with Gasteiger partial charge in [-0.3, -0.25) is 0 Å². The molecule has 2 unspecified atom stereocenters. The van der Waals surface area contributed by atoms with Crippen molar-refractivity contribution in [1.82, 2.24) is 0 Å². The Labute approximate surface area is 281 Å². The van der Waals surface area contributed by atoms with E-state index in [2.05, 4.69) is 59.9 Å². The topological polar surface area (TPSA) is 80.3 Å². The molecule has 2 radical (unpaired) electrons. The second-order valence-electron chi connectivity index (χ2n) is 11.6. The van der Waals surface area contributed by atoms with Crippen molar-refractivity contribution in [2.75, 3.05) is 0 Å². The molecule has 0 rings (SSSR count). The molecule has 0 saturated carbocycles. The zero-order valence-corrected chi connectivity index (χ0v) is 31.8. The summed E-state index contributed by atoms with van der Waals surface area (Å²) in [4.78, 5) is 20.6. The summed E-state index contributed by atoms with van der Waals surface area (Å²) in [6.07, 6.45) is 24.8. The van der Waals surface area contributed by atoms with Crippen LogP contribution in [0.5, 0.6) is 0 Å². The summed E-state index contributed by atoms with van der Waals surface area (Å²) in [7, 11) is 0. The van der Waals surface area contributed by atoms with Gasteiger partial charge in [0.15, 0.2) is 0 Å². The molecular formula is C32H64O4S3Sb-3. The van der Waals surface area contributed by atoms with E-state index in [4.69, 9.17) is 0 Å². The first kappa shape index (κ1) is 47.7. The third-order valence-corrected chi connectivity index (χ3v) is 8.41. The van der Waals surface area contributed by atoms with E-state index in [0.717, 1.165) is 37.5 Å². The van der Waals surface area contributed by atoms with Crippen LogP contribution in [0.15, 0.2) is 0 Å². The predicted molar refractivity (Wildman–Crippen MR) is 183 cm³/mol. The van der Waals surface area contributed by atoms with E-state index >= 15 is 0 Å². The van der Waals surface area contributed by atoms with Crippen molar-refractivity contribution in [3.63, 3.8) is 0 Å². The minimum absolute atomic E-state index is 0. The maximum absolute atomic E-state index is 10.3. The summed E-state index contributed by atoms with van der Waals surface area (Å²) in [5.41, 5.74) is 0. The summed E-state index contributed by atoms with van der Waals surface area (Å²) in [6, 6.07) is 0. The molecule has 40 heavy (non-hydrogen) atoms. The van der Waals surface area contributed by atoms with Crippen LogP contribution in [-0.4, -0.2) is 45.5 Å². The monoisotopic (exact) mass is 729 g/mol. The number of carboxylic acids is 2. The fraction of sp³-hybridized carbons (Fsp3) is 0.938. The van der Waals surface area contributed by atoms with E-state index in [0.29, 0.717) is 12.8 Å². The normalized spacial score (nSPS) is 12.1. The molecular weight excluding hydrogens is 666 g/mol. The molecule has 0 N–H and O–H groups in total. The van der Waals surface area contributed by atoms with Gasteiger partial charge in [-0.05, 0) is 24.7 Å². The molecule has 2 atom stereocenters. The Morgan fingerprint density at radius 3 is 1.10 bits per heavy atom. The van der Waals surface area contributed by atoms with Crippen LogP contribution >= 0.6 is 25.3 Å². The van der Waals surface area contributed by atoms with Crippen molar-refractivity contribution in [2.24, 2.45) is 11.8 Å². The Bertz CT molecular complexity index is 478. The Balaban J connectivity index is -0.000000240. The van der Waals surface area contributed by atoms with Crippen LogP contribution in [0.1, 0.15) is 163 Å². The number of unbranched alkanes of at least 4 members (excludes halogenated alkanes) is 13. The Hall–Kier alpha value is 0.808. The first-order valence-corrected chi connectivity index (χ1v) is 18.7. The zero-order chi connectivity index (χ0) is 30.3. The average Bonchev–Trinajstić information content (AvgIpc) is 2.87. The maximum atomic E-state index is 10.3.